The van der Waals surface area contributed by atoms with Crippen molar-refractivity contribution in [3.8, 4) is 22.9 Å². The minimum absolute atomic E-state index is 0.0423. The van der Waals surface area contributed by atoms with E-state index in [4.69, 9.17) is 21.1 Å². The summed E-state index contributed by atoms with van der Waals surface area (Å²) in [5.74, 6) is -1.44. The number of fused-ring (bicyclic) bond motifs is 1. The highest BCUT2D eigenvalue weighted by molar-refractivity contribution is 6.31. The molecule has 3 aromatic carbocycles. The zero-order valence-corrected chi connectivity index (χ0v) is 19.2. The summed E-state index contributed by atoms with van der Waals surface area (Å²) in [4.78, 5) is 25.2. The smallest absolute Gasteiger partial charge is 0.462 e. The first-order chi connectivity index (χ1) is 17.1. The summed E-state index contributed by atoms with van der Waals surface area (Å²) in [6.45, 7) is 1.63. The molecule has 0 bridgehead atoms. The molecule has 1 heterocycles. The SMILES string of the molecule is CCOC(=O)c1cn(-c2ccc(Oc3ccc(OC(F)(F)F)cc3)cc2)c2cc(Cl)c(F)cc2c1=O. The number of ether oxygens (including phenoxy) is 3. The number of pyridine rings is 1. The van der Waals surface area contributed by atoms with Gasteiger partial charge in [0.25, 0.3) is 0 Å². The monoisotopic (exact) mass is 521 g/mol. The summed E-state index contributed by atoms with van der Waals surface area (Å²) in [5.41, 5.74) is -0.247. The zero-order chi connectivity index (χ0) is 26.0. The van der Waals surface area contributed by atoms with Crippen LogP contribution in [0.5, 0.6) is 17.2 Å². The lowest BCUT2D eigenvalue weighted by atomic mass is 10.1. The van der Waals surface area contributed by atoms with Crippen molar-refractivity contribution < 1.29 is 36.6 Å². The quantitative estimate of drug-likeness (QED) is 0.210. The molecule has 0 spiro atoms. The average molecular weight is 522 g/mol. The molecule has 0 fully saturated rings. The largest absolute Gasteiger partial charge is 0.573 e. The van der Waals surface area contributed by atoms with Crippen LogP contribution < -0.4 is 14.9 Å². The van der Waals surface area contributed by atoms with Crippen molar-refractivity contribution in [1.29, 1.82) is 0 Å². The fourth-order valence-electron chi connectivity index (χ4n) is 3.41. The van der Waals surface area contributed by atoms with E-state index in [2.05, 4.69) is 4.74 Å². The molecule has 0 aliphatic heterocycles. The highest BCUT2D eigenvalue weighted by Crippen LogP contribution is 2.29. The number of benzene rings is 3. The molecule has 4 aromatic rings. The van der Waals surface area contributed by atoms with E-state index in [-0.39, 0.29) is 39.6 Å². The summed E-state index contributed by atoms with van der Waals surface area (Å²) in [6, 6.07) is 13.4. The van der Waals surface area contributed by atoms with E-state index in [9.17, 15) is 27.2 Å². The Morgan fingerprint density at radius 1 is 0.972 bits per heavy atom. The van der Waals surface area contributed by atoms with E-state index in [0.717, 1.165) is 18.2 Å². The minimum Gasteiger partial charge on any atom is -0.462 e. The first-order valence-electron chi connectivity index (χ1n) is 10.4. The standard InChI is InChI=1S/C25H16ClF4NO5/c1-2-34-24(33)19-13-31(22-12-20(26)21(27)11-18(22)23(19)32)14-3-5-15(6-4-14)35-16-7-9-17(10-8-16)36-25(28,29)30/h3-13H,2H2,1H3. The van der Waals surface area contributed by atoms with Crippen LogP contribution in [0.4, 0.5) is 17.6 Å². The normalized spacial score (nSPS) is 11.4. The van der Waals surface area contributed by atoms with Gasteiger partial charge in [0.15, 0.2) is 0 Å². The number of carbonyl (C=O) groups is 1. The second kappa shape index (κ2) is 9.90. The number of hydrogen-bond acceptors (Lipinski definition) is 5. The third kappa shape index (κ3) is 5.44. The molecule has 6 nitrogen and oxygen atoms in total. The molecule has 0 saturated carbocycles. The Kier molecular flexibility index (Phi) is 6.89. The predicted octanol–water partition coefficient (Wildman–Crippen LogP) is 6.65. The lowest BCUT2D eigenvalue weighted by molar-refractivity contribution is -0.274. The Morgan fingerprint density at radius 2 is 1.56 bits per heavy atom. The van der Waals surface area contributed by atoms with Crippen LogP contribution in [0.1, 0.15) is 17.3 Å². The molecule has 0 aliphatic carbocycles. The third-order valence-corrected chi connectivity index (χ3v) is 5.24. The minimum atomic E-state index is -4.80. The second-order valence-corrected chi connectivity index (χ2v) is 7.77. The first-order valence-corrected chi connectivity index (χ1v) is 10.8. The Hall–Kier alpha value is -4.05. The summed E-state index contributed by atoms with van der Waals surface area (Å²) in [6.07, 6.45) is -3.51. The summed E-state index contributed by atoms with van der Waals surface area (Å²) < 4.78 is 67.0. The van der Waals surface area contributed by atoms with Gasteiger partial charge in [0.1, 0.15) is 28.6 Å². The second-order valence-electron chi connectivity index (χ2n) is 7.36. The lowest BCUT2D eigenvalue weighted by Gasteiger charge is -2.15. The van der Waals surface area contributed by atoms with Gasteiger partial charge in [-0.25, -0.2) is 9.18 Å². The van der Waals surface area contributed by atoms with Gasteiger partial charge >= 0.3 is 12.3 Å². The summed E-state index contributed by atoms with van der Waals surface area (Å²) in [5, 5.41) is -0.276. The number of hydrogen-bond donors (Lipinski definition) is 0. The lowest BCUT2D eigenvalue weighted by Crippen LogP contribution is -2.20. The van der Waals surface area contributed by atoms with Crippen molar-refractivity contribution in [2.45, 2.75) is 13.3 Å². The molecule has 0 atom stereocenters. The predicted molar refractivity (Wildman–Crippen MR) is 124 cm³/mol. The van der Waals surface area contributed by atoms with Crippen LogP contribution in [0.3, 0.4) is 0 Å². The van der Waals surface area contributed by atoms with E-state index in [1.165, 1.54) is 29.0 Å². The summed E-state index contributed by atoms with van der Waals surface area (Å²) in [7, 11) is 0. The van der Waals surface area contributed by atoms with Crippen LogP contribution in [0.25, 0.3) is 16.6 Å². The molecule has 0 amide bonds. The molecule has 4 rings (SSSR count). The Morgan fingerprint density at radius 3 is 2.14 bits per heavy atom. The number of esters is 1. The molecule has 1 aromatic heterocycles. The third-order valence-electron chi connectivity index (χ3n) is 4.95. The fraction of sp³-hybridized carbons (Fsp3) is 0.120. The number of alkyl halides is 3. The Balaban J connectivity index is 1.68. The Labute approximate surface area is 206 Å². The van der Waals surface area contributed by atoms with Gasteiger partial charge in [-0.3, -0.25) is 4.79 Å². The molecule has 186 valence electrons. The van der Waals surface area contributed by atoms with Crippen LogP contribution >= 0.6 is 11.6 Å². The number of halogens is 5. The van der Waals surface area contributed by atoms with Gasteiger partial charge in [-0.2, -0.15) is 0 Å². The molecule has 0 saturated heterocycles. The number of carbonyl (C=O) groups excluding carboxylic acids is 1. The molecular weight excluding hydrogens is 506 g/mol. The van der Waals surface area contributed by atoms with Crippen LogP contribution in [0.2, 0.25) is 5.02 Å². The van der Waals surface area contributed by atoms with Gasteiger partial charge in [0, 0.05) is 17.3 Å². The maximum absolute atomic E-state index is 14.1. The summed E-state index contributed by atoms with van der Waals surface area (Å²) >= 11 is 5.94. The van der Waals surface area contributed by atoms with E-state index < -0.39 is 23.6 Å². The molecule has 0 unspecified atom stereocenters. The molecule has 0 radical (unpaired) electrons. The van der Waals surface area contributed by atoms with Crippen molar-refractivity contribution >= 4 is 28.5 Å². The van der Waals surface area contributed by atoms with Crippen LogP contribution in [0.15, 0.2) is 71.7 Å². The zero-order valence-electron chi connectivity index (χ0n) is 18.4. The van der Waals surface area contributed by atoms with Crippen molar-refractivity contribution in [2.75, 3.05) is 6.61 Å². The molecule has 11 heteroatoms. The number of aromatic nitrogens is 1. The topological polar surface area (TPSA) is 66.8 Å². The fourth-order valence-corrected chi connectivity index (χ4v) is 3.57. The van der Waals surface area contributed by atoms with Crippen LogP contribution in [0, 0.1) is 5.82 Å². The Bertz CT molecular complexity index is 1480. The molecule has 0 N–H and O–H groups in total. The molecule has 0 aliphatic rings. The maximum Gasteiger partial charge on any atom is 0.573 e. The maximum atomic E-state index is 14.1. The van der Waals surface area contributed by atoms with Gasteiger partial charge in [-0.05, 0) is 67.6 Å². The molecule has 36 heavy (non-hydrogen) atoms. The van der Waals surface area contributed by atoms with Crippen LogP contribution in [-0.4, -0.2) is 23.5 Å². The van der Waals surface area contributed by atoms with Gasteiger partial charge in [-0.1, -0.05) is 11.6 Å². The van der Waals surface area contributed by atoms with Gasteiger partial charge in [0.2, 0.25) is 5.43 Å². The van der Waals surface area contributed by atoms with E-state index in [1.54, 1.807) is 31.2 Å². The van der Waals surface area contributed by atoms with Crippen molar-refractivity contribution in [2.24, 2.45) is 0 Å². The first kappa shape index (κ1) is 25.1. The van der Waals surface area contributed by atoms with E-state index in [1.807, 2.05) is 0 Å². The van der Waals surface area contributed by atoms with Crippen molar-refractivity contribution in [1.82, 2.24) is 4.57 Å². The highest BCUT2D eigenvalue weighted by Gasteiger charge is 2.31. The van der Waals surface area contributed by atoms with Gasteiger partial charge < -0.3 is 18.8 Å². The average Bonchev–Trinajstić information content (AvgIpc) is 2.82. The number of rotatable bonds is 6. The highest BCUT2D eigenvalue weighted by atomic mass is 35.5. The van der Waals surface area contributed by atoms with Crippen molar-refractivity contribution in [3.63, 3.8) is 0 Å². The number of nitrogens with zero attached hydrogens (tertiary/aromatic N) is 1. The van der Waals surface area contributed by atoms with E-state index in [0.29, 0.717) is 11.4 Å². The van der Waals surface area contributed by atoms with Crippen LogP contribution in [-0.2, 0) is 4.74 Å². The molecular formula is C25H16ClF4NO5. The van der Waals surface area contributed by atoms with E-state index >= 15 is 0 Å². The van der Waals surface area contributed by atoms with Gasteiger partial charge in [0.05, 0.1) is 17.1 Å². The van der Waals surface area contributed by atoms with Gasteiger partial charge in [-0.15, -0.1) is 13.2 Å². The van der Waals surface area contributed by atoms with Crippen molar-refractivity contribution in [3.05, 3.63) is 93.5 Å².